The first kappa shape index (κ1) is 12.2. The minimum atomic E-state index is -0.604. The van der Waals surface area contributed by atoms with Crippen LogP contribution in [0.3, 0.4) is 0 Å². The molecule has 0 bridgehead atoms. The summed E-state index contributed by atoms with van der Waals surface area (Å²) < 4.78 is 13.5. The summed E-state index contributed by atoms with van der Waals surface area (Å²) in [6, 6.07) is 3.17. The molecule has 1 rings (SSSR count). The average molecular weight is 229 g/mol. The number of ketones is 1. The molecule has 0 aliphatic heterocycles. The standard InChI is InChI=1S/C12H14ClFO/c1-4-11(15)9-5-8(7(2)3)6-10(13)12(9)14/h5-7H,4H2,1-3H3. The minimum absolute atomic E-state index is 0.0259. The monoisotopic (exact) mass is 228 g/mol. The number of Topliss-reactive ketones (excluding diaryl/α,β-unsaturated/α-hetero) is 1. The van der Waals surface area contributed by atoms with Gasteiger partial charge in [-0.1, -0.05) is 32.4 Å². The van der Waals surface area contributed by atoms with Crippen LogP contribution in [0.2, 0.25) is 5.02 Å². The summed E-state index contributed by atoms with van der Waals surface area (Å²) in [5, 5.41) is 0.0259. The SMILES string of the molecule is CCC(=O)c1cc(C(C)C)cc(Cl)c1F. The van der Waals surface area contributed by atoms with Crippen LogP contribution in [0.25, 0.3) is 0 Å². The largest absolute Gasteiger partial charge is 0.294 e. The minimum Gasteiger partial charge on any atom is -0.294 e. The lowest BCUT2D eigenvalue weighted by Crippen LogP contribution is -2.03. The molecular formula is C12H14ClFO. The van der Waals surface area contributed by atoms with Crippen LogP contribution in [-0.4, -0.2) is 5.78 Å². The number of benzene rings is 1. The topological polar surface area (TPSA) is 17.1 Å². The lowest BCUT2D eigenvalue weighted by atomic mass is 9.98. The van der Waals surface area contributed by atoms with Crippen LogP contribution in [0, 0.1) is 5.82 Å². The van der Waals surface area contributed by atoms with Gasteiger partial charge in [0.25, 0.3) is 0 Å². The molecule has 0 spiro atoms. The molecule has 1 aromatic rings. The molecule has 0 unspecified atom stereocenters. The number of hydrogen-bond donors (Lipinski definition) is 0. The van der Waals surface area contributed by atoms with Crippen LogP contribution >= 0.6 is 11.6 Å². The van der Waals surface area contributed by atoms with E-state index in [1.54, 1.807) is 19.1 Å². The summed E-state index contributed by atoms with van der Waals surface area (Å²) in [4.78, 5) is 11.5. The summed E-state index contributed by atoms with van der Waals surface area (Å²) in [5.41, 5.74) is 0.993. The number of halogens is 2. The third kappa shape index (κ3) is 2.57. The molecule has 82 valence electrons. The molecule has 0 fully saturated rings. The summed E-state index contributed by atoms with van der Waals surface area (Å²) >= 11 is 5.74. The van der Waals surface area contributed by atoms with Gasteiger partial charge in [-0.2, -0.15) is 0 Å². The Kier molecular flexibility index (Phi) is 3.86. The fraction of sp³-hybridized carbons (Fsp3) is 0.417. The Morgan fingerprint density at radius 2 is 2.07 bits per heavy atom. The Morgan fingerprint density at radius 1 is 1.47 bits per heavy atom. The first-order valence-corrected chi connectivity index (χ1v) is 5.37. The predicted molar refractivity (Wildman–Crippen MR) is 60.1 cm³/mol. The van der Waals surface area contributed by atoms with E-state index in [1.807, 2.05) is 13.8 Å². The number of carbonyl (C=O) groups is 1. The van der Waals surface area contributed by atoms with Crippen molar-refractivity contribution in [2.75, 3.05) is 0 Å². The molecule has 0 aliphatic carbocycles. The number of rotatable bonds is 3. The summed E-state index contributed by atoms with van der Waals surface area (Å²) in [7, 11) is 0. The molecule has 0 aromatic heterocycles. The predicted octanol–water partition coefficient (Wildman–Crippen LogP) is 4.20. The van der Waals surface area contributed by atoms with Crippen molar-refractivity contribution in [2.24, 2.45) is 0 Å². The second kappa shape index (κ2) is 4.75. The molecule has 0 saturated carbocycles. The zero-order chi connectivity index (χ0) is 11.6. The Bertz CT molecular complexity index is 385. The van der Waals surface area contributed by atoms with Crippen molar-refractivity contribution in [1.29, 1.82) is 0 Å². The second-order valence-electron chi connectivity index (χ2n) is 3.80. The van der Waals surface area contributed by atoms with Gasteiger partial charge in [0, 0.05) is 6.42 Å². The smallest absolute Gasteiger partial charge is 0.165 e. The normalized spacial score (nSPS) is 10.8. The molecule has 0 N–H and O–H groups in total. The van der Waals surface area contributed by atoms with Crippen molar-refractivity contribution in [3.8, 4) is 0 Å². The summed E-state index contributed by atoms with van der Waals surface area (Å²) in [6.07, 6.45) is 0.287. The van der Waals surface area contributed by atoms with Gasteiger partial charge in [0.05, 0.1) is 10.6 Å². The van der Waals surface area contributed by atoms with Crippen molar-refractivity contribution < 1.29 is 9.18 Å². The Morgan fingerprint density at radius 3 is 2.53 bits per heavy atom. The van der Waals surface area contributed by atoms with E-state index < -0.39 is 5.82 Å². The van der Waals surface area contributed by atoms with Crippen LogP contribution in [0.1, 0.15) is 49.0 Å². The van der Waals surface area contributed by atoms with Crippen molar-refractivity contribution in [3.05, 3.63) is 34.1 Å². The highest BCUT2D eigenvalue weighted by Crippen LogP contribution is 2.26. The van der Waals surface area contributed by atoms with E-state index in [0.717, 1.165) is 5.56 Å². The van der Waals surface area contributed by atoms with Crippen LogP contribution < -0.4 is 0 Å². The van der Waals surface area contributed by atoms with E-state index in [1.165, 1.54) is 0 Å². The van der Waals surface area contributed by atoms with Gasteiger partial charge in [0.1, 0.15) is 0 Å². The van der Waals surface area contributed by atoms with E-state index in [0.29, 0.717) is 0 Å². The second-order valence-corrected chi connectivity index (χ2v) is 4.20. The van der Waals surface area contributed by atoms with Gasteiger partial charge in [0.15, 0.2) is 11.6 Å². The van der Waals surface area contributed by atoms with Crippen molar-refractivity contribution in [1.82, 2.24) is 0 Å². The molecule has 0 radical (unpaired) electrons. The first-order chi connectivity index (χ1) is 6.97. The molecule has 0 aliphatic rings. The highest BCUT2D eigenvalue weighted by molar-refractivity contribution is 6.31. The van der Waals surface area contributed by atoms with Crippen molar-refractivity contribution >= 4 is 17.4 Å². The van der Waals surface area contributed by atoms with Crippen LogP contribution in [0.5, 0.6) is 0 Å². The fourth-order valence-electron chi connectivity index (χ4n) is 1.34. The number of hydrogen-bond acceptors (Lipinski definition) is 1. The third-order valence-corrected chi connectivity index (χ3v) is 2.61. The zero-order valence-corrected chi connectivity index (χ0v) is 9.86. The molecule has 1 aromatic carbocycles. The highest BCUT2D eigenvalue weighted by Gasteiger charge is 2.15. The lowest BCUT2D eigenvalue weighted by Gasteiger charge is -2.09. The lowest BCUT2D eigenvalue weighted by molar-refractivity contribution is 0.0984. The van der Waals surface area contributed by atoms with E-state index >= 15 is 0 Å². The Balaban J connectivity index is 3.31. The zero-order valence-electron chi connectivity index (χ0n) is 9.10. The maximum Gasteiger partial charge on any atom is 0.165 e. The molecule has 0 amide bonds. The van der Waals surface area contributed by atoms with E-state index in [-0.39, 0.29) is 28.7 Å². The van der Waals surface area contributed by atoms with Crippen LogP contribution in [0.15, 0.2) is 12.1 Å². The molecule has 0 heterocycles. The fourth-order valence-corrected chi connectivity index (χ4v) is 1.56. The maximum absolute atomic E-state index is 13.5. The maximum atomic E-state index is 13.5. The summed E-state index contributed by atoms with van der Waals surface area (Å²) in [5.74, 6) is -0.587. The van der Waals surface area contributed by atoms with Crippen LogP contribution in [-0.2, 0) is 0 Å². The average Bonchev–Trinajstić information content (AvgIpc) is 2.20. The van der Waals surface area contributed by atoms with E-state index in [4.69, 9.17) is 11.6 Å². The highest BCUT2D eigenvalue weighted by atomic mass is 35.5. The van der Waals surface area contributed by atoms with Gasteiger partial charge in [-0.05, 0) is 23.6 Å². The van der Waals surface area contributed by atoms with Gasteiger partial charge >= 0.3 is 0 Å². The molecule has 0 saturated heterocycles. The van der Waals surface area contributed by atoms with Gasteiger partial charge in [-0.15, -0.1) is 0 Å². The summed E-state index contributed by atoms with van der Waals surface area (Å²) in [6.45, 7) is 5.66. The molecule has 15 heavy (non-hydrogen) atoms. The Labute approximate surface area is 94.3 Å². The van der Waals surface area contributed by atoms with E-state index in [2.05, 4.69) is 0 Å². The first-order valence-electron chi connectivity index (χ1n) is 4.99. The third-order valence-electron chi connectivity index (χ3n) is 2.34. The molecular weight excluding hydrogens is 215 g/mol. The molecule has 0 atom stereocenters. The Hall–Kier alpha value is -0.890. The van der Waals surface area contributed by atoms with Crippen LogP contribution in [0.4, 0.5) is 4.39 Å². The quantitative estimate of drug-likeness (QED) is 0.709. The number of carbonyl (C=O) groups excluding carboxylic acids is 1. The van der Waals surface area contributed by atoms with Gasteiger partial charge in [0.2, 0.25) is 0 Å². The van der Waals surface area contributed by atoms with Gasteiger partial charge < -0.3 is 0 Å². The van der Waals surface area contributed by atoms with Gasteiger partial charge in [-0.3, -0.25) is 4.79 Å². The van der Waals surface area contributed by atoms with Crippen molar-refractivity contribution in [3.63, 3.8) is 0 Å². The molecule has 1 nitrogen and oxygen atoms in total. The molecule has 3 heteroatoms. The van der Waals surface area contributed by atoms with E-state index in [9.17, 15) is 9.18 Å². The van der Waals surface area contributed by atoms with Crippen molar-refractivity contribution in [2.45, 2.75) is 33.1 Å². The van der Waals surface area contributed by atoms with Gasteiger partial charge in [-0.25, -0.2) is 4.39 Å².